The number of rotatable bonds is 4. The van der Waals surface area contributed by atoms with Gasteiger partial charge in [0.15, 0.2) is 0 Å². The van der Waals surface area contributed by atoms with E-state index in [4.69, 9.17) is 4.98 Å². The quantitative estimate of drug-likeness (QED) is 0.663. The molecule has 0 saturated carbocycles. The Morgan fingerprint density at radius 2 is 1.85 bits per heavy atom. The first-order chi connectivity index (χ1) is 16.0. The fraction of sp³-hybridized carbons (Fsp3) is 0.440. The number of aromatic amines is 1. The minimum atomic E-state index is -0.0777. The maximum Gasteiger partial charge on any atom is 0.271 e. The minimum Gasteiger partial charge on any atom is -0.370 e. The molecule has 8 heteroatoms. The average Bonchev–Trinajstić information content (AvgIpc) is 3.34. The molecular formula is C25H30N6O2. The van der Waals surface area contributed by atoms with E-state index >= 15 is 0 Å². The number of para-hydroxylation sites is 1. The van der Waals surface area contributed by atoms with Crippen LogP contribution in [0.15, 0.2) is 47.4 Å². The van der Waals surface area contributed by atoms with Crippen molar-refractivity contribution in [1.29, 1.82) is 0 Å². The first-order valence-corrected chi connectivity index (χ1v) is 11.7. The van der Waals surface area contributed by atoms with Crippen LogP contribution in [0.5, 0.6) is 0 Å². The van der Waals surface area contributed by atoms with Gasteiger partial charge in [0.1, 0.15) is 11.5 Å². The normalized spacial score (nSPS) is 19.8. The van der Waals surface area contributed by atoms with Gasteiger partial charge in [-0.15, -0.1) is 0 Å². The molecule has 2 aliphatic rings. The number of hydrogen-bond donors (Lipinski definition) is 1. The number of fused-ring (bicyclic) bond motifs is 1. The highest BCUT2D eigenvalue weighted by Crippen LogP contribution is 2.30. The Balaban J connectivity index is 1.19. The molecule has 33 heavy (non-hydrogen) atoms. The molecular weight excluding hydrogens is 416 g/mol. The van der Waals surface area contributed by atoms with E-state index in [0.29, 0.717) is 17.1 Å². The van der Waals surface area contributed by atoms with Crippen LogP contribution in [0.1, 0.15) is 41.5 Å². The van der Waals surface area contributed by atoms with Crippen LogP contribution >= 0.6 is 0 Å². The van der Waals surface area contributed by atoms with E-state index < -0.39 is 0 Å². The Hall–Kier alpha value is -3.26. The summed E-state index contributed by atoms with van der Waals surface area (Å²) in [5.74, 6) is 1.01. The maximum absolute atomic E-state index is 12.5. The highest BCUT2D eigenvalue weighted by atomic mass is 16.2. The predicted molar refractivity (Wildman–Crippen MR) is 129 cm³/mol. The van der Waals surface area contributed by atoms with E-state index in [2.05, 4.69) is 19.8 Å². The Morgan fingerprint density at radius 3 is 2.58 bits per heavy atom. The third kappa shape index (κ3) is 4.35. The van der Waals surface area contributed by atoms with E-state index in [-0.39, 0.29) is 17.4 Å². The lowest BCUT2D eigenvalue weighted by Crippen LogP contribution is -2.44. The van der Waals surface area contributed by atoms with E-state index in [1.807, 2.05) is 42.6 Å². The van der Waals surface area contributed by atoms with Gasteiger partial charge in [-0.3, -0.25) is 14.5 Å². The summed E-state index contributed by atoms with van der Waals surface area (Å²) in [4.78, 5) is 43.1. The Bertz CT molecular complexity index is 1200. The molecule has 2 saturated heterocycles. The summed E-state index contributed by atoms with van der Waals surface area (Å²) >= 11 is 0. The summed E-state index contributed by atoms with van der Waals surface area (Å²) in [5.41, 5.74) is 2.27. The van der Waals surface area contributed by atoms with Gasteiger partial charge < -0.3 is 14.8 Å². The number of nitrogens with zero attached hydrogens (tertiary/aromatic N) is 5. The molecule has 0 radical (unpaired) electrons. The summed E-state index contributed by atoms with van der Waals surface area (Å²) < 4.78 is 0. The highest BCUT2D eigenvalue weighted by Gasteiger charge is 2.32. The van der Waals surface area contributed by atoms with Crippen LogP contribution < -0.4 is 10.5 Å². The number of carbonyl (C=O) groups is 1. The standard InChI is InChI=1S/C25H30N6O2/c1-29(2)25(33)22-8-7-19(15-26-22)30-13-10-18(11-14-30)31-12-9-17(16-31)23-27-21-6-4-3-5-20(21)24(32)28-23/h3-8,15,17-18H,9-14,16H2,1-2H3,(H,27,28,32). The largest absolute Gasteiger partial charge is 0.370 e. The number of carbonyl (C=O) groups excluding carboxylic acids is 1. The zero-order valence-electron chi connectivity index (χ0n) is 19.2. The van der Waals surface area contributed by atoms with Crippen molar-refractivity contribution in [2.45, 2.75) is 31.2 Å². The van der Waals surface area contributed by atoms with Gasteiger partial charge in [0.05, 0.1) is 22.8 Å². The van der Waals surface area contributed by atoms with Gasteiger partial charge in [-0.25, -0.2) is 9.97 Å². The van der Waals surface area contributed by atoms with Gasteiger partial charge in [0.25, 0.3) is 11.5 Å². The fourth-order valence-electron chi connectivity index (χ4n) is 5.06. The maximum atomic E-state index is 12.5. The van der Waals surface area contributed by atoms with Crippen molar-refractivity contribution in [2.24, 2.45) is 0 Å². The van der Waals surface area contributed by atoms with E-state index in [0.717, 1.165) is 62.5 Å². The zero-order chi connectivity index (χ0) is 22.9. The number of anilines is 1. The molecule has 1 amide bonds. The SMILES string of the molecule is CN(C)C(=O)c1ccc(N2CCC(N3CCC(c4nc5ccccc5c(=O)[nH]4)C3)CC2)cn1. The molecule has 0 aliphatic carbocycles. The number of aromatic nitrogens is 3. The second kappa shape index (κ2) is 8.94. The van der Waals surface area contributed by atoms with Crippen molar-refractivity contribution in [3.8, 4) is 0 Å². The summed E-state index contributed by atoms with van der Waals surface area (Å²) in [6.07, 6.45) is 5.01. The number of pyridine rings is 1. The predicted octanol–water partition coefficient (Wildman–Crippen LogP) is 2.48. The molecule has 2 fully saturated rings. The molecule has 3 aromatic rings. The van der Waals surface area contributed by atoms with Crippen molar-refractivity contribution in [2.75, 3.05) is 45.2 Å². The molecule has 172 valence electrons. The smallest absolute Gasteiger partial charge is 0.271 e. The number of piperidine rings is 1. The van der Waals surface area contributed by atoms with Gasteiger partial charge in [0.2, 0.25) is 0 Å². The van der Waals surface area contributed by atoms with Crippen molar-refractivity contribution < 1.29 is 4.79 Å². The number of benzene rings is 1. The minimum absolute atomic E-state index is 0.0470. The van der Waals surface area contributed by atoms with Crippen LogP contribution in [-0.2, 0) is 0 Å². The zero-order valence-corrected chi connectivity index (χ0v) is 19.2. The van der Waals surface area contributed by atoms with Crippen molar-refractivity contribution in [3.63, 3.8) is 0 Å². The van der Waals surface area contributed by atoms with Crippen LogP contribution in [0, 0.1) is 0 Å². The van der Waals surface area contributed by atoms with E-state index in [1.54, 1.807) is 19.0 Å². The Labute approximate surface area is 193 Å². The number of likely N-dealkylation sites (tertiary alicyclic amines) is 1. The van der Waals surface area contributed by atoms with Crippen LogP contribution in [0.3, 0.4) is 0 Å². The molecule has 5 rings (SSSR count). The van der Waals surface area contributed by atoms with Gasteiger partial charge in [0, 0.05) is 45.7 Å². The van der Waals surface area contributed by atoms with E-state index in [1.165, 1.54) is 0 Å². The second-order valence-electron chi connectivity index (χ2n) is 9.27. The lowest BCUT2D eigenvalue weighted by atomic mass is 10.0. The van der Waals surface area contributed by atoms with E-state index in [9.17, 15) is 9.59 Å². The molecule has 1 N–H and O–H groups in total. The molecule has 0 bridgehead atoms. The lowest BCUT2D eigenvalue weighted by Gasteiger charge is -2.37. The van der Waals surface area contributed by atoms with Crippen LogP contribution in [0.2, 0.25) is 0 Å². The highest BCUT2D eigenvalue weighted by molar-refractivity contribution is 5.92. The molecule has 1 aromatic carbocycles. The molecule has 2 aromatic heterocycles. The molecule has 1 unspecified atom stereocenters. The number of hydrogen-bond acceptors (Lipinski definition) is 6. The second-order valence-corrected chi connectivity index (χ2v) is 9.27. The number of H-pyrrole nitrogens is 1. The van der Waals surface area contributed by atoms with Gasteiger partial charge in [-0.05, 0) is 50.1 Å². The molecule has 8 nitrogen and oxygen atoms in total. The van der Waals surface area contributed by atoms with Crippen molar-refractivity contribution >= 4 is 22.5 Å². The summed E-state index contributed by atoms with van der Waals surface area (Å²) in [7, 11) is 3.47. The summed E-state index contributed by atoms with van der Waals surface area (Å²) in [6, 6.07) is 11.9. The van der Waals surface area contributed by atoms with Gasteiger partial charge >= 0.3 is 0 Å². The van der Waals surface area contributed by atoms with Crippen LogP contribution in [0.25, 0.3) is 10.9 Å². The van der Waals surface area contributed by atoms with Gasteiger partial charge in [-0.2, -0.15) is 0 Å². The van der Waals surface area contributed by atoms with Crippen LogP contribution in [0.4, 0.5) is 5.69 Å². The van der Waals surface area contributed by atoms with Crippen molar-refractivity contribution in [1.82, 2.24) is 24.8 Å². The lowest BCUT2D eigenvalue weighted by molar-refractivity contribution is 0.0822. The number of nitrogens with one attached hydrogen (secondary N) is 1. The molecule has 0 spiro atoms. The van der Waals surface area contributed by atoms with Crippen LogP contribution in [-0.4, -0.2) is 77.0 Å². The van der Waals surface area contributed by atoms with Crippen molar-refractivity contribution in [3.05, 3.63) is 64.5 Å². The molecule has 4 heterocycles. The van der Waals surface area contributed by atoms with Gasteiger partial charge in [-0.1, -0.05) is 12.1 Å². The Morgan fingerprint density at radius 1 is 1.06 bits per heavy atom. The summed E-state index contributed by atoms with van der Waals surface area (Å²) in [6.45, 7) is 3.92. The third-order valence-electron chi connectivity index (χ3n) is 6.96. The monoisotopic (exact) mass is 446 g/mol. The third-order valence-corrected chi connectivity index (χ3v) is 6.96. The average molecular weight is 447 g/mol. The molecule has 2 aliphatic heterocycles. The topological polar surface area (TPSA) is 85.4 Å². The first kappa shape index (κ1) is 21.6. The first-order valence-electron chi connectivity index (χ1n) is 11.7. The Kier molecular flexibility index (Phi) is 5.85. The number of amides is 1. The fourth-order valence-corrected chi connectivity index (χ4v) is 5.06. The molecule has 1 atom stereocenters. The summed E-state index contributed by atoms with van der Waals surface area (Å²) in [5, 5.41) is 0.650.